The summed E-state index contributed by atoms with van der Waals surface area (Å²) in [6.45, 7) is 11.8. The molecule has 0 radical (unpaired) electrons. The van der Waals surface area contributed by atoms with E-state index in [0.717, 1.165) is 29.1 Å². The van der Waals surface area contributed by atoms with Gasteiger partial charge in [-0.15, -0.1) is 0 Å². The van der Waals surface area contributed by atoms with Crippen LogP contribution in [0, 0.1) is 32.5 Å². The number of aryl methyl sites for hydroxylation is 1. The first-order valence-electron chi connectivity index (χ1n) is 7.42. The van der Waals surface area contributed by atoms with Gasteiger partial charge in [0.15, 0.2) is 0 Å². The van der Waals surface area contributed by atoms with Crippen LogP contribution in [0.1, 0.15) is 36.4 Å². The van der Waals surface area contributed by atoms with Crippen LogP contribution in [-0.2, 0) is 6.54 Å². The lowest BCUT2D eigenvalue weighted by molar-refractivity contribution is 0.549. The molecule has 1 heterocycles. The molecule has 114 valence electrons. The van der Waals surface area contributed by atoms with E-state index in [4.69, 9.17) is 0 Å². The maximum absolute atomic E-state index is 14.4. The van der Waals surface area contributed by atoms with Gasteiger partial charge in [-0.05, 0) is 56.5 Å². The lowest BCUT2D eigenvalue weighted by Crippen LogP contribution is -2.19. The van der Waals surface area contributed by atoms with Gasteiger partial charge in [0.25, 0.3) is 0 Å². The lowest BCUT2D eigenvalue weighted by atomic mass is 10.1. The number of hydrogen-bond acceptors (Lipinski definition) is 2. The highest BCUT2D eigenvalue weighted by Gasteiger charge is 2.12. The van der Waals surface area contributed by atoms with Crippen LogP contribution in [0.15, 0.2) is 18.2 Å². The van der Waals surface area contributed by atoms with E-state index in [1.54, 1.807) is 16.8 Å². The molecular weight excluding hydrogens is 265 g/mol. The fraction of sp³-hybridized carbons (Fsp3) is 0.471. The predicted octanol–water partition coefficient (Wildman–Crippen LogP) is 3.68. The van der Waals surface area contributed by atoms with Gasteiger partial charge in [0.1, 0.15) is 11.5 Å². The number of benzene rings is 1. The van der Waals surface area contributed by atoms with Gasteiger partial charge in [0, 0.05) is 12.2 Å². The molecule has 0 saturated carbocycles. The maximum Gasteiger partial charge on any atom is 0.149 e. The Morgan fingerprint density at radius 2 is 1.95 bits per heavy atom. The second-order valence-electron chi connectivity index (χ2n) is 6.02. The Bertz CT molecular complexity index is 629. The molecule has 0 atom stereocenters. The second kappa shape index (κ2) is 6.39. The molecule has 0 unspecified atom stereocenters. The maximum atomic E-state index is 14.4. The highest BCUT2D eigenvalue weighted by Crippen LogP contribution is 2.20. The van der Waals surface area contributed by atoms with Crippen LogP contribution in [0.3, 0.4) is 0 Å². The Morgan fingerprint density at radius 3 is 2.48 bits per heavy atom. The molecule has 0 aliphatic rings. The minimum absolute atomic E-state index is 0.232. The first-order valence-corrected chi connectivity index (χ1v) is 7.42. The molecule has 0 fully saturated rings. The van der Waals surface area contributed by atoms with E-state index in [1.165, 1.54) is 0 Å². The van der Waals surface area contributed by atoms with E-state index in [1.807, 2.05) is 26.8 Å². The summed E-state index contributed by atoms with van der Waals surface area (Å²) in [6.07, 6.45) is 0. The van der Waals surface area contributed by atoms with Gasteiger partial charge in [-0.2, -0.15) is 5.10 Å². The number of aromatic nitrogens is 2. The highest BCUT2D eigenvalue weighted by molar-refractivity contribution is 5.39. The van der Waals surface area contributed by atoms with E-state index in [0.29, 0.717) is 18.2 Å². The van der Waals surface area contributed by atoms with Crippen LogP contribution in [-0.4, -0.2) is 16.3 Å². The smallest absolute Gasteiger partial charge is 0.149 e. The van der Waals surface area contributed by atoms with Crippen LogP contribution in [0.4, 0.5) is 4.39 Å². The molecular formula is C17H24FN3. The molecule has 2 rings (SSSR count). The number of nitrogens with one attached hydrogen (secondary N) is 1. The van der Waals surface area contributed by atoms with Crippen molar-refractivity contribution in [1.29, 1.82) is 0 Å². The zero-order valence-electron chi connectivity index (χ0n) is 13.5. The molecule has 4 heteroatoms. The fourth-order valence-electron chi connectivity index (χ4n) is 2.29. The number of rotatable bonds is 5. The van der Waals surface area contributed by atoms with Gasteiger partial charge in [-0.25, -0.2) is 9.07 Å². The highest BCUT2D eigenvalue weighted by atomic mass is 19.1. The Kier molecular flexibility index (Phi) is 4.78. The van der Waals surface area contributed by atoms with Gasteiger partial charge in [0.05, 0.1) is 5.69 Å². The summed E-state index contributed by atoms with van der Waals surface area (Å²) in [7, 11) is 0. The molecule has 0 amide bonds. The average Bonchev–Trinajstić information content (AvgIpc) is 2.66. The van der Waals surface area contributed by atoms with E-state index in [2.05, 4.69) is 24.3 Å². The largest absolute Gasteiger partial charge is 0.312 e. The second-order valence-corrected chi connectivity index (χ2v) is 6.02. The number of hydrogen-bond donors (Lipinski definition) is 1. The first-order chi connectivity index (χ1) is 9.90. The van der Waals surface area contributed by atoms with Crippen molar-refractivity contribution in [2.45, 2.75) is 41.2 Å². The molecule has 0 saturated heterocycles. The summed E-state index contributed by atoms with van der Waals surface area (Å²) in [4.78, 5) is 0. The van der Waals surface area contributed by atoms with Crippen LogP contribution in [0.25, 0.3) is 5.69 Å². The molecule has 3 nitrogen and oxygen atoms in total. The lowest BCUT2D eigenvalue weighted by Gasteiger charge is -2.10. The van der Waals surface area contributed by atoms with Crippen LogP contribution in [0.5, 0.6) is 0 Å². The summed E-state index contributed by atoms with van der Waals surface area (Å²) in [6, 6.07) is 5.35. The molecule has 1 aromatic heterocycles. The third-order valence-corrected chi connectivity index (χ3v) is 3.78. The van der Waals surface area contributed by atoms with Crippen LogP contribution >= 0.6 is 0 Å². The molecule has 0 aliphatic heterocycles. The van der Waals surface area contributed by atoms with E-state index < -0.39 is 0 Å². The summed E-state index contributed by atoms with van der Waals surface area (Å²) in [5, 5.41) is 7.74. The topological polar surface area (TPSA) is 29.9 Å². The molecule has 0 spiro atoms. The van der Waals surface area contributed by atoms with Gasteiger partial charge in [0.2, 0.25) is 0 Å². The van der Waals surface area contributed by atoms with Crippen molar-refractivity contribution in [3.05, 3.63) is 46.5 Å². The Morgan fingerprint density at radius 1 is 1.24 bits per heavy atom. The van der Waals surface area contributed by atoms with E-state index >= 15 is 0 Å². The van der Waals surface area contributed by atoms with Crippen molar-refractivity contribution in [2.75, 3.05) is 6.54 Å². The minimum Gasteiger partial charge on any atom is -0.312 e. The Balaban J connectivity index is 2.21. The average molecular weight is 289 g/mol. The van der Waals surface area contributed by atoms with E-state index in [-0.39, 0.29) is 5.82 Å². The summed E-state index contributed by atoms with van der Waals surface area (Å²) in [5.41, 5.74) is 4.50. The molecule has 0 bridgehead atoms. The van der Waals surface area contributed by atoms with Crippen molar-refractivity contribution >= 4 is 0 Å². The minimum atomic E-state index is -0.232. The Hall–Kier alpha value is -1.68. The van der Waals surface area contributed by atoms with Gasteiger partial charge >= 0.3 is 0 Å². The quantitative estimate of drug-likeness (QED) is 0.910. The van der Waals surface area contributed by atoms with Crippen molar-refractivity contribution in [3.8, 4) is 5.69 Å². The zero-order chi connectivity index (χ0) is 15.6. The van der Waals surface area contributed by atoms with Crippen molar-refractivity contribution in [2.24, 2.45) is 5.92 Å². The molecule has 0 aliphatic carbocycles. The standard InChI is InChI=1S/C17H24FN3/c1-11(2)9-19-10-15-6-7-17(16(18)8-15)21-14(5)12(3)13(4)20-21/h6-8,11,19H,9-10H2,1-5H3. The molecule has 1 N–H and O–H groups in total. The molecule has 21 heavy (non-hydrogen) atoms. The fourth-order valence-corrected chi connectivity index (χ4v) is 2.29. The first kappa shape index (κ1) is 15.7. The summed E-state index contributed by atoms with van der Waals surface area (Å²) < 4.78 is 16.0. The normalized spacial score (nSPS) is 11.4. The zero-order valence-corrected chi connectivity index (χ0v) is 13.5. The van der Waals surface area contributed by atoms with Crippen molar-refractivity contribution < 1.29 is 4.39 Å². The molecule has 1 aromatic carbocycles. The molecule has 2 aromatic rings. The SMILES string of the molecule is Cc1nn(-c2ccc(CNCC(C)C)cc2F)c(C)c1C. The summed E-state index contributed by atoms with van der Waals surface area (Å²) >= 11 is 0. The van der Waals surface area contributed by atoms with Crippen molar-refractivity contribution in [1.82, 2.24) is 15.1 Å². The third-order valence-electron chi connectivity index (χ3n) is 3.78. The third kappa shape index (κ3) is 3.50. The van der Waals surface area contributed by atoms with Gasteiger partial charge in [-0.3, -0.25) is 0 Å². The Labute approximate surface area is 126 Å². The van der Waals surface area contributed by atoms with Gasteiger partial charge < -0.3 is 5.32 Å². The summed E-state index contributed by atoms with van der Waals surface area (Å²) in [5.74, 6) is 0.358. The number of nitrogens with zero attached hydrogens (tertiary/aromatic N) is 2. The van der Waals surface area contributed by atoms with Crippen LogP contribution in [0.2, 0.25) is 0 Å². The van der Waals surface area contributed by atoms with Crippen molar-refractivity contribution in [3.63, 3.8) is 0 Å². The van der Waals surface area contributed by atoms with E-state index in [9.17, 15) is 4.39 Å². The van der Waals surface area contributed by atoms with Crippen LogP contribution < -0.4 is 5.32 Å². The number of halogens is 1. The van der Waals surface area contributed by atoms with Gasteiger partial charge in [-0.1, -0.05) is 19.9 Å². The predicted molar refractivity (Wildman–Crippen MR) is 84.3 cm³/mol. The monoisotopic (exact) mass is 289 g/mol.